The van der Waals surface area contributed by atoms with Crippen LogP contribution in [0, 0.1) is 0 Å². The summed E-state index contributed by atoms with van der Waals surface area (Å²) in [7, 11) is 0. The highest BCUT2D eigenvalue weighted by molar-refractivity contribution is 6.32. The normalized spacial score (nSPS) is 16.5. The molecule has 4 rings (SSSR count). The lowest BCUT2D eigenvalue weighted by molar-refractivity contribution is 0.264. The average molecular weight is 475 g/mol. The Morgan fingerprint density at radius 1 is 1.15 bits per heavy atom. The number of phenols is 2. The van der Waals surface area contributed by atoms with Crippen LogP contribution in [0.2, 0.25) is 5.02 Å². The van der Waals surface area contributed by atoms with Crippen LogP contribution in [0.4, 0.5) is 11.8 Å². The van der Waals surface area contributed by atoms with Crippen LogP contribution in [0.3, 0.4) is 0 Å². The first-order valence-corrected chi connectivity index (χ1v) is 11.7. The fourth-order valence-corrected chi connectivity index (χ4v) is 4.59. The summed E-state index contributed by atoms with van der Waals surface area (Å²) in [6.07, 6.45) is 1.89. The molecule has 178 valence electrons. The number of hydrogen-bond donors (Lipinski definition) is 4. The molecular formula is C23H31ClN6O3. The number of aromatic nitrogens is 4. The van der Waals surface area contributed by atoms with E-state index in [0.29, 0.717) is 17.1 Å². The monoisotopic (exact) mass is 474 g/mol. The van der Waals surface area contributed by atoms with Crippen LogP contribution in [-0.4, -0.2) is 54.3 Å². The number of nitrogens with one attached hydrogen (secondary N) is 1. The van der Waals surface area contributed by atoms with Crippen molar-refractivity contribution in [2.24, 2.45) is 0 Å². The fourth-order valence-electron chi connectivity index (χ4n) is 4.43. The fraction of sp³-hybridized carbons (Fsp3) is 0.522. The predicted molar refractivity (Wildman–Crippen MR) is 128 cm³/mol. The molecule has 0 bridgehead atoms. The van der Waals surface area contributed by atoms with E-state index in [1.165, 1.54) is 6.07 Å². The molecule has 1 fully saturated rings. The van der Waals surface area contributed by atoms with Crippen LogP contribution in [0.5, 0.6) is 11.5 Å². The average Bonchev–Trinajstić information content (AvgIpc) is 3.43. The van der Waals surface area contributed by atoms with Gasteiger partial charge in [0.05, 0.1) is 29.1 Å². The lowest BCUT2D eigenvalue weighted by Crippen LogP contribution is -2.36. The molecule has 1 aromatic carbocycles. The van der Waals surface area contributed by atoms with Gasteiger partial charge in [0.1, 0.15) is 0 Å². The van der Waals surface area contributed by atoms with Crippen molar-refractivity contribution in [2.75, 3.05) is 23.4 Å². The van der Waals surface area contributed by atoms with Crippen molar-refractivity contribution in [1.82, 2.24) is 19.7 Å². The Morgan fingerprint density at radius 3 is 2.58 bits per heavy atom. The molecule has 0 spiro atoms. The van der Waals surface area contributed by atoms with Crippen LogP contribution in [-0.2, 0) is 6.54 Å². The first kappa shape index (κ1) is 23.4. The molecule has 1 atom stereocenters. The Kier molecular flexibility index (Phi) is 6.54. The van der Waals surface area contributed by atoms with Crippen molar-refractivity contribution >= 4 is 23.4 Å². The van der Waals surface area contributed by atoms with Crippen LogP contribution >= 0.6 is 11.6 Å². The van der Waals surface area contributed by atoms with Gasteiger partial charge in [0.15, 0.2) is 23.0 Å². The largest absolute Gasteiger partial charge is 0.504 e. The van der Waals surface area contributed by atoms with Crippen molar-refractivity contribution in [3.8, 4) is 22.9 Å². The zero-order chi connectivity index (χ0) is 23.9. The summed E-state index contributed by atoms with van der Waals surface area (Å²) in [4.78, 5) is 7.11. The number of anilines is 2. The molecule has 3 heterocycles. The van der Waals surface area contributed by atoms with Crippen molar-refractivity contribution in [2.45, 2.75) is 65.1 Å². The van der Waals surface area contributed by atoms with E-state index < -0.39 is 0 Å². The third-order valence-corrected chi connectivity index (χ3v) is 6.46. The van der Waals surface area contributed by atoms with E-state index in [9.17, 15) is 15.3 Å². The van der Waals surface area contributed by atoms with E-state index in [2.05, 4.69) is 52.7 Å². The number of rotatable bonds is 7. The highest BCUT2D eigenvalue weighted by Gasteiger charge is 2.33. The second kappa shape index (κ2) is 9.23. The van der Waals surface area contributed by atoms with Crippen molar-refractivity contribution in [3.05, 3.63) is 28.4 Å². The quantitative estimate of drug-likeness (QED) is 0.377. The van der Waals surface area contributed by atoms with Gasteiger partial charge in [-0.3, -0.25) is 0 Å². The summed E-state index contributed by atoms with van der Waals surface area (Å²) in [6.45, 7) is 9.45. The van der Waals surface area contributed by atoms with Gasteiger partial charge in [0.2, 0.25) is 5.95 Å². The van der Waals surface area contributed by atoms with E-state index in [4.69, 9.17) is 16.6 Å². The standard InChI is InChI=1S/C23H31ClN6O3/c1-12(2)17-19-18(28-27-17)22(25-10-14-7-8-16(24)21(33)20(14)32)26-23(30(19)13(3)4)29-9-5-6-15(29)11-31/h7-8,12-13,15,25,31-33H,5-6,9-11H2,1-4H3. The summed E-state index contributed by atoms with van der Waals surface area (Å²) in [5.41, 5.74) is 2.93. The number of hydrogen-bond acceptors (Lipinski definition) is 8. The molecule has 0 aliphatic carbocycles. The Hall–Kier alpha value is -2.78. The van der Waals surface area contributed by atoms with Gasteiger partial charge < -0.3 is 30.1 Å². The molecule has 3 aliphatic rings. The van der Waals surface area contributed by atoms with Crippen molar-refractivity contribution in [3.63, 3.8) is 0 Å². The summed E-state index contributed by atoms with van der Waals surface area (Å²) >= 11 is 5.89. The molecule has 1 unspecified atom stereocenters. The molecule has 0 radical (unpaired) electrons. The molecule has 9 nitrogen and oxygen atoms in total. The molecule has 1 aromatic rings. The third kappa shape index (κ3) is 4.15. The van der Waals surface area contributed by atoms with Gasteiger partial charge in [0, 0.05) is 24.7 Å². The Balaban J connectivity index is 1.84. The zero-order valence-electron chi connectivity index (χ0n) is 19.4. The minimum absolute atomic E-state index is 0.00318. The number of nitrogens with zero attached hydrogens (tertiary/aromatic N) is 5. The highest BCUT2D eigenvalue weighted by atomic mass is 35.5. The molecule has 0 aromatic heterocycles. The van der Waals surface area contributed by atoms with E-state index >= 15 is 0 Å². The molecule has 33 heavy (non-hydrogen) atoms. The van der Waals surface area contributed by atoms with Gasteiger partial charge >= 0.3 is 0 Å². The van der Waals surface area contributed by atoms with Gasteiger partial charge in [-0.15, -0.1) is 5.10 Å². The lowest BCUT2D eigenvalue weighted by atomic mass is 10.1. The maximum absolute atomic E-state index is 10.3. The summed E-state index contributed by atoms with van der Waals surface area (Å²) in [5.74, 6) is 0.840. The second-order valence-corrected chi connectivity index (χ2v) is 9.50. The van der Waals surface area contributed by atoms with Gasteiger partial charge in [0.25, 0.3) is 0 Å². The smallest absolute Gasteiger partial charge is 0.208 e. The van der Waals surface area contributed by atoms with E-state index in [1.54, 1.807) is 6.07 Å². The Labute approximate surface area is 198 Å². The number of fused-ring (bicyclic) bond motifs is 1. The molecule has 1 saturated heterocycles. The van der Waals surface area contributed by atoms with Crippen LogP contribution in [0.15, 0.2) is 12.1 Å². The minimum atomic E-state index is -0.349. The number of phenolic OH excluding ortho intramolecular Hbond substituents is 2. The van der Waals surface area contributed by atoms with Crippen LogP contribution in [0.25, 0.3) is 11.4 Å². The third-order valence-electron chi connectivity index (χ3n) is 6.16. The number of aliphatic hydroxyl groups excluding tert-OH is 1. The van der Waals surface area contributed by atoms with Crippen LogP contribution < -0.4 is 10.2 Å². The first-order valence-electron chi connectivity index (χ1n) is 11.3. The van der Waals surface area contributed by atoms with Gasteiger partial charge in [-0.25, -0.2) is 0 Å². The van der Waals surface area contributed by atoms with E-state index in [1.807, 2.05) is 0 Å². The topological polar surface area (TPSA) is 120 Å². The van der Waals surface area contributed by atoms with E-state index in [0.717, 1.165) is 36.7 Å². The minimum Gasteiger partial charge on any atom is -0.504 e. The molecule has 4 N–H and O–H groups in total. The first-order chi connectivity index (χ1) is 15.7. The van der Waals surface area contributed by atoms with Gasteiger partial charge in [-0.05, 0) is 38.7 Å². The maximum Gasteiger partial charge on any atom is 0.208 e. The molecular weight excluding hydrogens is 444 g/mol. The highest BCUT2D eigenvalue weighted by Crippen LogP contribution is 2.41. The van der Waals surface area contributed by atoms with Crippen molar-refractivity contribution in [1.29, 1.82) is 0 Å². The summed E-state index contributed by atoms with van der Waals surface area (Å²) in [6, 6.07) is 3.29. The van der Waals surface area contributed by atoms with Gasteiger partial charge in [-0.2, -0.15) is 10.1 Å². The summed E-state index contributed by atoms with van der Waals surface area (Å²) < 4.78 is 2.16. The molecule has 0 saturated carbocycles. The molecule has 3 aliphatic heterocycles. The zero-order valence-corrected chi connectivity index (χ0v) is 20.1. The van der Waals surface area contributed by atoms with Crippen LogP contribution in [0.1, 0.15) is 63.8 Å². The SMILES string of the molecule is CC(C)c1nnc2c(NCc3ccc(Cl)c(O)c3O)nc(N3CCCC3CO)n(C(C)C)c1-2. The van der Waals surface area contributed by atoms with Crippen molar-refractivity contribution < 1.29 is 15.3 Å². The number of halogens is 1. The Morgan fingerprint density at radius 2 is 1.91 bits per heavy atom. The molecule has 0 amide bonds. The lowest BCUT2D eigenvalue weighted by Gasteiger charge is -2.31. The number of aliphatic hydroxyl groups is 1. The summed E-state index contributed by atoms with van der Waals surface area (Å²) in [5, 5.41) is 42.5. The number of aromatic hydroxyl groups is 2. The molecule has 10 heteroatoms. The number of benzene rings is 1. The second-order valence-electron chi connectivity index (χ2n) is 9.09. The van der Waals surface area contributed by atoms with E-state index in [-0.39, 0.29) is 47.7 Å². The van der Waals surface area contributed by atoms with Gasteiger partial charge in [-0.1, -0.05) is 31.5 Å². The predicted octanol–water partition coefficient (Wildman–Crippen LogP) is 4.12. The Bertz CT molecular complexity index is 1120. The maximum atomic E-state index is 10.3.